The van der Waals surface area contributed by atoms with E-state index in [0.29, 0.717) is 12.8 Å². The van der Waals surface area contributed by atoms with Crippen LogP contribution in [0.4, 0.5) is 0 Å². The van der Waals surface area contributed by atoms with Crippen molar-refractivity contribution in [2.24, 2.45) is 0 Å². The van der Waals surface area contributed by atoms with Gasteiger partial charge in [0.1, 0.15) is 0 Å². The van der Waals surface area contributed by atoms with Crippen LogP contribution < -0.4 is 0 Å². The zero-order chi connectivity index (χ0) is 16.6. The Kier molecular flexibility index (Phi) is 12.9. The molecule has 4 nitrogen and oxygen atoms in total. The van der Waals surface area contributed by atoms with E-state index in [1.165, 1.54) is 12.2 Å². The predicted octanol–water partition coefficient (Wildman–Crippen LogP) is 3.26. The van der Waals surface area contributed by atoms with Crippen molar-refractivity contribution in [3.63, 3.8) is 0 Å². The lowest BCUT2D eigenvalue weighted by Gasteiger charge is -2.04. The molecule has 0 bridgehead atoms. The zero-order valence-electron chi connectivity index (χ0n) is 13.3. The number of rotatable bonds is 11. The lowest BCUT2D eigenvalue weighted by atomic mass is 10.1. The maximum Gasteiger partial charge on any atom is 0.303 e. The minimum atomic E-state index is -0.745. The van der Waals surface area contributed by atoms with Crippen LogP contribution in [0.25, 0.3) is 0 Å². The maximum absolute atomic E-state index is 11.2. The van der Waals surface area contributed by atoms with E-state index in [4.69, 9.17) is 5.11 Å². The Morgan fingerprint density at radius 3 is 2.50 bits per heavy atom. The van der Waals surface area contributed by atoms with Gasteiger partial charge >= 0.3 is 5.97 Å². The van der Waals surface area contributed by atoms with E-state index < -0.39 is 12.1 Å². The summed E-state index contributed by atoms with van der Waals surface area (Å²) in [7, 11) is 0. The lowest BCUT2D eigenvalue weighted by molar-refractivity contribution is -0.137. The van der Waals surface area contributed by atoms with Crippen molar-refractivity contribution in [3.8, 4) is 11.8 Å². The van der Waals surface area contributed by atoms with Gasteiger partial charge in [-0.2, -0.15) is 0 Å². The van der Waals surface area contributed by atoms with Gasteiger partial charge < -0.3 is 10.2 Å². The highest BCUT2D eigenvalue weighted by Crippen LogP contribution is 2.09. The van der Waals surface area contributed by atoms with Gasteiger partial charge in [0.2, 0.25) is 5.78 Å². The number of ketones is 1. The number of hydrogen-bond acceptors (Lipinski definition) is 3. The number of hydrogen-bond donors (Lipinski definition) is 2. The summed E-state index contributed by atoms with van der Waals surface area (Å²) in [5, 5.41) is 18.2. The van der Waals surface area contributed by atoms with Gasteiger partial charge in [0.25, 0.3) is 0 Å². The van der Waals surface area contributed by atoms with E-state index in [2.05, 4.69) is 11.8 Å². The van der Waals surface area contributed by atoms with Crippen molar-refractivity contribution < 1.29 is 19.8 Å². The molecule has 2 N–H and O–H groups in total. The van der Waals surface area contributed by atoms with Gasteiger partial charge in [-0.05, 0) is 43.4 Å². The molecular formula is C18H26O4. The lowest BCUT2D eigenvalue weighted by Crippen LogP contribution is -2.01. The third-order valence-corrected chi connectivity index (χ3v) is 2.99. The molecule has 0 aliphatic heterocycles. The number of aliphatic carboxylic acids is 1. The summed E-state index contributed by atoms with van der Waals surface area (Å²) >= 11 is 0. The van der Waals surface area contributed by atoms with Crippen LogP contribution in [0, 0.1) is 11.8 Å². The Morgan fingerprint density at radius 1 is 1.14 bits per heavy atom. The number of aliphatic hydroxyl groups excluding tert-OH is 1. The van der Waals surface area contributed by atoms with Crippen LogP contribution in [0.5, 0.6) is 0 Å². The topological polar surface area (TPSA) is 74.6 Å². The monoisotopic (exact) mass is 306 g/mol. The predicted molar refractivity (Wildman–Crippen MR) is 87.3 cm³/mol. The minimum absolute atomic E-state index is 0.232. The first kappa shape index (κ1) is 20.1. The normalized spacial score (nSPS) is 12.3. The fourth-order valence-electron chi connectivity index (χ4n) is 1.79. The van der Waals surface area contributed by atoms with Gasteiger partial charge in [-0.3, -0.25) is 9.59 Å². The molecule has 0 aromatic carbocycles. The molecule has 0 rings (SSSR count). The van der Waals surface area contributed by atoms with Gasteiger partial charge in [0, 0.05) is 6.42 Å². The molecule has 0 aliphatic rings. The molecule has 0 aromatic heterocycles. The van der Waals surface area contributed by atoms with Gasteiger partial charge in [-0.25, -0.2) is 0 Å². The standard InChI is InChI=1S/C18H26O4/c1-2-3-11-16(19)13-9-10-14-17(20)12-7-5-4-6-8-15-18(21)22/h3,10-11,14,17,20H,2,4-8,12,15H2,1H3,(H,21,22). The van der Waals surface area contributed by atoms with Crippen molar-refractivity contribution >= 4 is 11.8 Å². The first-order valence-corrected chi connectivity index (χ1v) is 7.84. The number of carbonyl (C=O) groups is 2. The zero-order valence-corrected chi connectivity index (χ0v) is 13.3. The summed E-state index contributed by atoms with van der Waals surface area (Å²) in [5.74, 6) is 4.08. The summed E-state index contributed by atoms with van der Waals surface area (Å²) in [4.78, 5) is 21.5. The van der Waals surface area contributed by atoms with E-state index >= 15 is 0 Å². The van der Waals surface area contributed by atoms with Crippen molar-refractivity contribution in [2.75, 3.05) is 0 Å². The van der Waals surface area contributed by atoms with E-state index in [9.17, 15) is 14.7 Å². The highest BCUT2D eigenvalue weighted by atomic mass is 16.4. The number of aliphatic hydroxyl groups is 1. The average Bonchev–Trinajstić information content (AvgIpc) is 2.48. The Balaban J connectivity index is 3.68. The quantitative estimate of drug-likeness (QED) is 0.266. The van der Waals surface area contributed by atoms with Gasteiger partial charge in [-0.1, -0.05) is 44.6 Å². The molecule has 0 aliphatic carbocycles. The molecule has 0 radical (unpaired) electrons. The van der Waals surface area contributed by atoms with Crippen molar-refractivity contribution in [2.45, 2.75) is 64.4 Å². The summed E-state index contributed by atoms with van der Waals surface area (Å²) in [6.45, 7) is 1.94. The molecule has 1 unspecified atom stereocenters. The van der Waals surface area contributed by atoms with Crippen LogP contribution in [0.15, 0.2) is 24.3 Å². The van der Waals surface area contributed by atoms with E-state index in [0.717, 1.165) is 32.1 Å². The smallest absolute Gasteiger partial charge is 0.303 e. The van der Waals surface area contributed by atoms with Crippen LogP contribution in [0.3, 0.4) is 0 Å². The number of allylic oxidation sites excluding steroid dienone is 3. The third kappa shape index (κ3) is 14.5. The van der Waals surface area contributed by atoms with Crippen LogP contribution >= 0.6 is 0 Å². The molecular weight excluding hydrogens is 280 g/mol. The first-order chi connectivity index (χ1) is 10.6. The van der Waals surface area contributed by atoms with E-state index in [-0.39, 0.29) is 12.2 Å². The second kappa shape index (κ2) is 14.1. The summed E-state index contributed by atoms with van der Waals surface area (Å²) in [6, 6.07) is 0. The Hall–Kier alpha value is -1.86. The summed E-state index contributed by atoms with van der Waals surface area (Å²) in [5.41, 5.74) is 0. The molecule has 0 heterocycles. The summed E-state index contributed by atoms with van der Waals surface area (Å²) < 4.78 is 0. The second-order valence-electron chi connectivity index (χ2n) is 5.07. The number of carboxylic acid groups (broad SMARTS) is 1. The largest absolute Gasteiger partial charge is 0.481 e. The highest BCUT2D eigenvalue weighted by Gasteiger charge is 1.99. The fourth-order valence-corrected chi connectivity index (χ4v) is 1.79. The second-order valence-corrected chi connectivity index (χ2v) is 5.07. The first-order valence-electron chi connectivity index (χ1n) is 7.84. The van der Waals surface area contributed by atoms with Gasteiger partial charge in [-0.15, -0.1) is 0 Å². The Bertz CT molecular complexity index is 438. The fraction of sp³-hybridized carbons (Fsp3) is 0.556. The van der Waals surface area contributed by atoms with Crippen LogP contribution in [-0.2, 0) is 9.59 Å². The van der Waals surface area contributed by atoms with Crippen molar-refractivity contribution in [1.82, 2.24) is 0 Å². The average molecular weight is 306 g/mol. The van der Waals surface area contributed by atoms with Crippen molar-refractivity contribution in [3.05, 3.63) is 24.3 Å². The molecule has 0 saturated heterocycles. The molecule has 122 valence electrons. The molecule has 22 heavy (non-hydrogen) atoms. The van der Waals surface area contributed by atoms with E-state index in [1.807, 2.05) is 6.92 Å². The van der Waals surface area contributed by atoms with Crippen molar-refractivity contribution in [1.29, 1.82) is 0 Å². The number of carboxylic acids is 1. The molecule has 0 saturated carbocycles. The van der Waals surface area contributed by atoms with Gasteiger partial charge in [0.05, 0.1) is 6.10 Å². The van der Waals surface area contributed by atoms with Crippen LogP contribution in [0.1, 0.15) is 58.3 Å². The minimum Gasteiger partial charge on any atom is -0.481 e. The molecule has 0 aromatic rings. The Labute approximate surface area is 132 Å². The highest BCUT2D eigenvalue weighted by molar-refractivity contribution is 6.04. The summed E-state index contributed by atoms with van der Waals surface area (Å²) in [6.07, 6.45) is 11.9. The van der Waals surface area contributed by atoms with Gasteiger partial charge in [0.15, 0.2) is 0 Å². The molecule has 4 heteroatoms. The number of carbonyl (C=O) groups excluding carboxylic acids is 1. The number of unbranched alkanes of at least 4 members (excludes halogenated alkanes) is 4. The Morgan fingerprint density at radius 2 is 1.82 bits per heavy atom. The SMILES string of the molecule is CCC=CC(=O)C#CC=CC(O)CCCCCCCC(=O)O. The third-order valence-electron chi connectivity index (χ3n) is 2.99. The van der Waals surface area contributed by atoms with Crippen LogP contribution in [0.2, 0.25) is 0 Å². The maximum atomic E-state index is 11.2. The van der Waals surface area contributed by atoms with E-state index in [1.54, 1.807) is 12.2 Å². The molecule has 1 atom stereocenters. The van der Waals surface area contributed by atoms with Crippen LogP contribution in [-0.4, -0.2) is 28.1 Å². The molecule has 0 spiro atoms. The molecule has 0 fully saturated rings. The molecule has 0 amide bonds.